The Labute approximate surface area is 126 Å². The van der Waals surface area contributed by atoms with Crippen LogP contribution in [0.2, 0.25) is 0 Å². The lowest BCUT2D eigenvalue weighted by molar-refractivity contribution is -0.144. The first kappa shape index (κ1) is 14.2. The molecule has 1 N–H and O–H groups in total. The molecule has 0 spiro atoms. The number of thiophene rings is 1. The standard InChI is InChI=1S/C14H17N3O3S/c1-9-15-13(20-16-9)10-3-2-5-17(7-10)12(14(18)19)11-4-6-21-8-11/h4,6,8,10,12H,2-3,5,7H2,1H3,(H,18,19). The number of likely N-dealkylation sites (tertiary alicyclic amines) is 1. The molecule has 1 fully saturated rings. The van der Waals surface area contributed by atoms with Crippen LogP contribution in [0.15, 0.2) is 21.3 Å². The normalized spacial score (nSPS) is 21.3. The molecule has 1 aliphatic heterocycles. The van der Waals surface area contributed by atoms with E-state index in [1.54, 1.807) is 6.92 Å². The van der Waals surface area contributed by atoms with Crippen molar-refractivity contribution >= 4 is 17.3 Å². The monoisotopic (exact) mass is 307 g/mol. The molecule has 112 valence electrons. The predicted molar refractivity (Wildman–Crippen MR) is 77.3 cm³/mol. The zero-order valence-corrected chi connectivity index (χ0v) is 12.5. The summed E-state index contributed by atoms with van der Waals surface area (Å²) in [5, 5.41) is 17.2. The molecule has 7 heteroatoms. The summed E-state index contributed by atoms with van der Waals surface area (Å²) in [7, 11) is 0. The Morgan fingerprint density at radius 1 is 1.62 bits per heavy atom. The third kappa shape index (κ3) is 2.98. The minimum atomic E-state index is -0.809. The van der Waals surface area contributed by atoms with Gasteiger partial charge in [0, 0.05) is 6.54 Å². The highest BCUT2D eigenvalue weighted by molar-refractivity contribution is 7.08. The van der Waals surface area contributed by atoms with Crippen LogP contribution in [-0.4, -0.2) is 39.2 Å². The van der Waals surface area contributed by atoms with E-state index in [4.69, 9.17) is 4.52 Å². The van der Waals surface area contributed by atoms with Crippen molar-refractivity contribution < 1.29 is 14.4 Å². The summed E-state index contributed by atoms with van der Waals surface area (Å²) >= 11 is 1.52. The highest BCUT2D eigenvalue weighted by Gasteiger charge is 2.34. The first-order valence-electron chi connectivity index (χ1n) is 6.94. The Kier molecular flexibility index (Phi) is 4.03. The van der Waals surface area contributed by atoms with Gasteiger partial charge in [-0.15, -0.1) is 0 Å². The van der Waals surface area contributed by atoms with Gasteiger partial charge in [0.1, 0.15) is 6.04 Å². The number of aliphatic carboxylic acids is 1. The summed E-state index contributed by atoms with van der Waals surface area (Å²) in [5.74, 6) is 0.539. The van der Waals surface area contributed by atoms with Gasteiger partial charge in [0.15, 0.2) is 5.82 Å². The Hall–Kier alpha value is -1.73. The molecule has 0 radical (unpaired) electrons. The summed E-state index contributed by atoms with van der Waals surface area (Å²) in [5.41, 5.74) is 0.842. The number of carboxylic acids is 1. The number of aryl methyl sites for hydroxylation is 1. The Balaban J connectivity index is 1.79. The number of carboxylic acid groups (broad SMARTS) is 1. The van der Waals surface area contributed by atoms with E-state index in [-0.39, 0.29) is 5.92 Å². The molecule has 2 atom stereocenters. The quantitative estimate of drug-likeness (QED) is 0.934. The van der Waals surface area contributed by atoms with Crippen molar-refractivity contribution in [2.75, 3.05) is 13.1 Å². The number of hydrogen-bond acceptors (Lipinski definition) is 6. The molecule has 0 amide bonds. The van der Waals surface area contributed by atoms with Gasteiger partial charge in [0.05, 0.1) is 5.92 Å². The molecule has 2 unspecified atom stereocenters. The second-order valence-electron chi connectivity index (χ2n) is 5.31. The van der Waals surface area contributed by atoms with E-state index in [9.17, 15) is 9.90 Å². The fourth-order valence-electron chi connectivity index (χ4n) is 2.86. The first-order valence-corrected chi connectivity index (χ1v) is 7.88. The van der Waals surface area contributed by atoms with E-state index in [2.05, 4.69) is 10.1 Å². The lowest BCUT2D eigenvalue weighted by Crippen LogP contribution is -2.40. The summed E-state index contributed by atoms with van der Waals surface area (Å²) < 4.78 is 5.25. The minimum Gasteiger partial charge on any atom is -0.480 e. The third-order valence-electron chi connectivity index (χ3n) is 3.80. The number of rotatable bonds is 4. The molecule has 1 saturated heterocycles. The molecule has 0 aromatic carbocycles. The minimum absolute atomic E-state index is 0.112. The third-order valence-corrected chi connectivity index (χ3v) is 4.50. The molecule has 2 aromatic rings. The van der Waals surface area contributed by atoms with E-state index < -0.39 is 12.0 Å². The number of nitrogens with zero attached hydrogens (tertiary/aromatic N) is 3. The van der Waals surface area contributed by atoms with Gasteiger partial charge in [-0.05, 0) is 48.7 Å². The van der Waals surface area contributed by atoms with Crippen molar-refractivity contribution in [2.24, 2.45) is 0 Å². The number of aromatic nitrogens is 2. The van der Waals surface area contributed by atoms with Gasteiger partial charge in [-0.2, -0.15) is 16.3 Å². The average Bonchev–Trinajstić information content (AvgIpc) is 3.11. The molecule has 0 aliphatic carbocycles. The van der Waals surface area contributed by atoms with Gasteiger partial charge >= 0.3 is 5.97 Å². The highest BCUT2D eigenvalue weighted by Crippen LogP contribution is 2.32. The lowest BCUT2D eigenvalue weighted by Gasteiger charge is -2.34. The number of carbonyl (C=O) groups is 1. The average molecular weight is 307 g/mol. The summed E-state index contributed by atoms with van der Waals surface area (Å²) in [6.45, 7) is 3.20. The maximum absolute atomic E-state index is 11.7. The molecule has 3 rings (SSSR count). The summed E-state index contributed by atoms with van der Waals surface area (Å²) in [6.07, 6.45) is 1.88. The second-order valence-corrected chi connectivity index (χ2v) is 6.09. The molecule has 6 nitrogen and oxygen atoms in total. The van der Waals surface area contributed by atoms with Crippen LogP contribution in [0.3, 0.4) is 0 Å². The van der Waals surface area contributed by atoms with Crippen LogP contribution >= 0.6 is 11.3 Å². The maximum atomic E-state index is 11.7. The molecular weight excluding hydrogens is 290 g/mol. The highest BCUT2D eigenvalue weighted by atomic mass is 32.1. The van der Waals surface area contributed by atoms with Gasteiger partial charge in [0.2, 0.25) is 5.89 Å². The first-order chi connectivity index (χ1) is 10.1. The van der Waals surface area contributed by atoms with Gasteiger partial charge in [-0.1, -0.05) is 5.16 Å². The van der Waals surface area contributed by atoms with Crippen molar-refractivity contribution in [3.05, 3.63) is 34.1 Å². The van der Waals surface area contributed by atoms with Crippen LogP contribution in [0.25, 0.3) is 0 Å². The Morgan fingerprint density at radius 2 is 2.48 bits per heavy atom. The topological polar surface area (TPSA) is 79.5 Å². The van der Waals surface area contributed by atoms with Gasteiger partial charge < -0.3 is 9.63 Å². The zero-order chi connectivity index (χ0) is 14.8. The van der Waals surface area contributed by atoms with Crippen LogP contribution in [0.4, 0.5) is 0 Å². The Morgan fingerprint density at radius 3 is 3.10 bits per heavy atom. The maximum Gasteiger partial charge on any atom is 0.325 e. The van der Waals surface area contributed by atoms with Crippen LogP contribution in [0.1, 0.15) is 42.1 Å². The Bertz CT molecular complexity index is 611. The molecule has 2 aromatic heterocycles. The van der Waals surface area contributed by atoms with Crippen LogP contribution < -0.4 is 0 Å². The zero-order valence-electron chi connectivity index (χ0n) is 11.7. The van der Waals surface area contributed by atoms with Gasteiger partial charge in [0.25, 0.3) is 0 Å². The fraction of sp³-hybridized carbons (Fsp3) is 0.500. The SMILES string of the molecule is Cc1noc(C2CCCN(C(C(=O)O)c3ccsc3)C2)n1. The molecule has 1 aliphatic rings. The molecular formula is C14H17N3O3S. The number of hydrogen-bond donors (Lipinski definition) is 1. The fourth-order valence-corrected chi connectivity index (χ4v) is 3.54. The second kappa shape index (κ2) is 5.95. The van der Waals surface area contributed by atoms with E-state index in [0.717, 1.165) is 24.9 Å². The van der Waals surface area contributed by atoms with Crippen LogP contribution in [-0.2, 0) is 4.79 Å². The molecule has 21 heavy (non-hydrogen) atoms. The van der Waals surface area contributed by atoms with Gasteiger partial charge in [-0.3, -0.25) is 9.69 Å². The predicted octanol–water partition coefficient (Wildman–Crippen LogP) is 2.44. The van der Waals surface area contributed by atoms with Crippen molar-refractivity contribution in [1.82, 2.24) is 15.0 Å². The summed E-state index contributed by atoms with van der Waals surface area (Å²) in [6, 6.07) is 1.28. The van der Waals surface area contributed by atoms with E-state index >= 15 is 0 Å². The van der Waals surface area contributed by atoms with Gasteiger partial charge in [-0.25, -0.2) is 0 Å². The number of piperidine rings is 1. The van der Waals surface area contributed by atoms with Crippen molar-refractivity contribution in [3.8, 4) is 0 Å². The lowest BCUT2D eigenvalue weighted by atomic mass is 9.95. The van der Waals surface area contributed by atoms with Crippen molar-refractivity contribution in [1.29, 1.82) is 0 Å². The largest absolute Gasteiger partial charge is 0.480 e. The molecule has 0 bridgehead atoms. The smallest absolute Gasteiger partial charge is 0.325 e. The van der Waals surface area contributed by atoms with E-state index in [1.807, 2.05) is 21.7 Å². The van der Waals surface area contributed by atoms with Crippen LogP contribution in [0, 0.1) is 6.92 Å². The van der Waals surface area contributed by atoms with Crippen molar-refractivity contribution in [2.45, 2.75) is 31.7 Å². The summed E-state index contributed by atoms with van der Waals surface area (Å²) in [4.78, 5) is 17.9. The van der Waals surface area contributed by atoms with Crippen molar-refractivity contribution in [3.63, 3.8) is 0 Å². The van der Waals surface area contributed by atoms with E-state index in [1.165, 1.54) is 11.3 Å². The van der Waals surface area contributed by atoms with Crippen LogP contribution in [0.5, 0.6) is 0 Å². The molecule has 3 heterocycles. The van der Waals surface area contributed by atoms with E-state index in [0.29, 0.717) is 18.3 Å². The molecule has 0 saturated carbocycles.